The van der Waals surface area contributed by atoms with Gasteiger partial charge < -0.3 is 14.9 Å². The Labute approximate surface area is 123 Å². The molecule has 2 bridgehead atoms. The van der Waals surface area contributed by atoms with Crippen molar-refractivity contribution in [3.8, 4) is 17.0 Å². The van der Waals surface area contributed by atoms with E-state index in [1.807, 2.05) is 25.1 Å². The molecule has 2 aliphatic rings. The molecule has 0 amide bonds. The predicted octanol–water partition coefficient (Wildman–Crippen LogP) is 2.19. The van der Waals surface area contributed by atoms with Crippen LogP contribution in [0.3, 0.4) is 0 Å². The lowest BCUT2D eigenvalue weighted by molar-refractivity contribution is 0.474. The number of hydrogen-bond acceptors (Lipinski definition) is 5. The van der Waals surface area contributed by atoms with Crippen molar-refractivity contribution in [2.45, 2.75) is 19.4 Å². The van der Waals surface area contributed by atoms with E-state index < -0.39 is 0 Å². The van der Waals surface area contributed by atoms with Gasteiger partial charge in [0.2, 0.25) is 0 Å². The summed E-state index contributed by atoms with van der Waals surface area (Å²) in [6.07, 6.45) is 2.90. The molecule has 5 heteroatoms. The van der Waals surface area contributed by atoms with Crippen LogP contribution in [0.25, 0.3) is 11.3 Å². The van der Waals surface area contributed by atoms with Crippen molar-refractivity contribution >= 4 is 11.5 Å². The lowest BCUT2D eigenvalue weighted by atomic mass is 10.1. The minimum absolute atomic E-state index is 0.234. The van der Waals surface area contributed by atoms with Crippen molar-refractivity contribution in [3.63, 3.8) is 0 Å². The first-order valence-electron chi connectivity index (χ1n) is 7.28. The average molecular weight is 282 g/mol. The summed E-state index contributed by atoms with van der Waals surface area (Å²) in [7, 11) is 2.10. The zero-order chi connectivity index (χ0) is 14.6. The van der Waals surface area contributed by atoms with Gasteiger partial charge in [0.1, 0.15) is 11.4 Å². The number of hydrogen-bond donors (Lipinski definition) is 1. The molecule has 0 aromatic carbocycles. The molecule has 5 nitrogen and oxygen atoms in total. The van der Waals surface area contributed by atoms with Gasteiger partial charge in [-0.15, -0.1) is 0 Å². The highest BCUT2D eigenvalue weighted by molar-refractivity contribution is 5.79. The van der Waals surface area contributed by atoms with Crippen molar-refractivity contribution in [2.24, 2.45) is 0 Å². The molecular weight excluding hydrogens is 264 g/mol. The van der Waals surface area contributed by atoms with Gasteiger partial charge >= 0.3 is 0 Å². The molecule has 1 atom stereocenters. The second-order valence-corrected chi connectivity index (χ2v) is 5.88. The molecular formula is C16H18N4O. The minimum atomic E-state index is 0.234. The van der Waals surface area contributed by atoms with Gasteiger partial charge in [0, 0.05) is 49.7 Å². The molecule has 0 radical (unpaired) electrons. The summed E-state index contributed by atoms with van der Waals surface area (Å²) in [5.41, 5.74) is 3.50. The second-order valence-electron chi connectivity index (χ2n) is 5.88. The summed E-state index contributed by atoms with van der Waals surface area (Å²) in [5.74, 6) is 1.20. The number of likely N-dealkylation sites (N-methyl/N-ethyl adjacent to an activating group) is 1. The summed E-state index contributed by atoms with van der Waals surface area (Å²) in [4.78, 5) is 13.5. The number of aromatic hydroxyl groups is 1. The lowest BCUT2D eigenvalue weighted by Gasteiger charge is -2.35. The third-order valence-electron chi connectivity index (χ3n) is 4.52. The van der Waals surface area contributed by atoms with Crippen LogP contribution in [0.5, 0.6) is 5.75 Å². The van der Waals surface area contributed by atoms with Crippen LogP contribution in [-0.4, -0.2) is 41.3 Å². The first-order chi connectivity index (χ1) is 10.1. The number of pyridine rings is 2. The summed E-state index contributed by atoms with van der Waals surface area (Å²) in [6.45, 7) is 4.01. The molecule has 108 valence electrons. The predicted molar refractivity (Wildman–Crippen MR) is 82.9 cm³/mol. The number of fused-ring (bicyclic) bond motifs is 4. The summed E-state index contributed by atoms with van der Waals surface area (Å²) in [5, 5.41) is 10.4. The molecule has 1 N–H and O–H groups in total. The number of aryl methyl sites for hydroxylation is 1. The Morgan fingerprint density at radius 2 is 2.19 bits per heavy atom. The SMILES string of the molecule is Cc1cc(-c2nc3c(cc2O)N2CCC(C2)N3C)ccn1. The molecule has 1 saturated heterocycles. The third-order valence-corrected chi connectivity index (χ3v) is 4.52. The molecule has 0 spiro atoms. The van der Waals surface area contributed by atoms with Crippen LogP contribution < -0.4 is 9.80 Å². The van der Waals surface area contributed by atoms with E-state index in [4.69, 9.17) is 4.98 Å². The van der Waals surface area contributed by atoms with Crippen molar-refractivity contribution in [3.05, 3.63) is 30.1 Å². The maximum Gasteiger partial charge on any atom is 0.153 e. The summed E-state index contributed by atoms with van der Waals surface area (Å²) < 4.78 is 0. The molecule has 2 aromatic heterocycles. The Kier molecular flexibility index (Phi) is 2.58. The van der Waals surface area contributed by atoms with Gasteiger partial charge in [-0.05, 0) is 25.5 Å². The molecule has 1 fully saturated rings. The Bertz CT molecular complexity index is 715. The van der Waals surface area contributed by atoms with Crippen molar-refractivity contribution < 1.29 is 5.11 Å². The van der Waals surface area contributed by atoms with Crippen LogP contribution in [0.2, 0.25) is 0 Å². The van der Waals surface area contributed by atoms with Crippen LogP contribution in [0.1, 0.15) is 12.1 Å². The zero-order valence-electron chi connectivity index (χ0n) is 12.2. The fourth-order valence-corrected chi connectivity index (χ4v) is 3.33. The fraction of sp³-hybridized carbons (Fsp3) is 0.375. The third kappa shape index (κ3) is 1.84. The van der Waals surface area contributed by atoms with Gasteiger partial charge in [-0.3, -0.25) is 4.98 Å². The quantitative estimate of drug-likeness (QED) is 0.869. The van der Waals surface area contributed by atoms with E-state index in [0.29, 0.717) is 11.7 Å². The Morgan fingerprint density at radius 1 is 1.33 bits per heavy atom. The summed E-state index contributed by atoms with van der Waals surface area (Å²) in [6, 6.07) is 6.22. The highest BCUT2D eigenvalue weighted by Gasteiger charge is 2.35. The maximum absolute atomic E-state index is 10.4. The maximum atomic E-state index is 10.4. The largest absolute Gasteiger partial charge is 0.506 e. The Morgan fingerprint density at radius 3 is 3.00 bits per heavy atom. The van der Waals surface area contributed by atoms with Crippen molar-refractivity contribution in [1.29, 1.82) is 0 Å². The van der Waals surface area contributed by atoms with Crippen LogP contribution >= 0.6 is 0 Å². The van der Waals surface area contributed by atoms with Crippen molar-refractivity contribution in [2.75, 3.05) is 29.9 Å². The van der Waals surface area contributed by atoms with Gasteiger partial charge in [-0.1, -0.05) is 0 Å². The average Bonchev–Trinajstić information content (AvgIpc) is 2.91. The lowest BCUT2D eigenvalue weighted by Crippen LogP contribution is -2.40. The van der Waals surface area contributed by atoms with E-state index in [1.165, 1.54) is 0 Å². The number of anilines is 2. The summed E-state index contributed by atoms with van der Waals surface area (Å²) >= 11 is 0. The van der Waals surface area contributed by atoms with Crippen molar-refractivity contribution in [1.82, 2.24) is 9.97 Å². The number of nitrogens with zero attached hydrogens (tertiary/aromatic N) is 4. The standard InChI is InChI=1S/C16H18N4O/c1-10-7-11(3-5-17-10)15-14(21)8-13-16(18-15)19(2)12-4-6-20(13)9-12/h3,5,7-8,12,21H,4,6,9H2,1-2H3. The van der Waals surface area contributed by atoms with E-state index in [0.717, 1.165) is 42.3 Å². The minimum Gasteiger partial charge on any atom is -0.506 e. The van der Waals surface area contributed by atoms with Gasteiger partial charge in [0.15, 0.2) is 5.82 Å². The number of aromatic nitrogens is 2. The van der Waals surface area contributed by atoms with Crippen LogP contribution in [-0.2, 0) is 0 Å². The molecule has 1 unspecified atom stereocenters. The van der Waals surface area contributed by atoms with E-state index >= 15 is 0 Å². The van der Waals surface area contributed by atoms with Gasteiger partial charge in [0.05, 0.1) is 5.69 Å². The van der Waals surface area contributed by atoms with E-state index in [9.17, 15) is 5.11 Å². The highest BCUT2D eigenvalue weighted by Crippen LogP contribution is 2.42. The van der Waals surface area contributed by atoms with Crippen LogP contribution in [0.15, 0.2) is 24.4 Å². The first-order valence-corrected chi connectivity index (χ1v) is 7.28. The second kappa shape index (κ2) is 4.35. The van der Waals surface area contributed by atoms with Gasteiger partial charge in [0.25, 0.3) is 0 Å². The monoisotopic (exact) mass is 282 g/mol. The fourth-order valence-electron chi connectivity index (χ4n) is 3.33. The molecule has 4 heterocycles. The molecule has 2 aromatic rings. The molecule has 2 aliphatic heterocycles. The number of rotatable bonds is 1. The Balaban J connectivity index is 1.88. The molecule has 4 rings (SSSR count). The first kappa shape index (κ1) is 12.4. The highest BCUT2D eigenvalue weighted by atomic mass is 16.3. The van der Waals surface area contributed by atoms with Gasteiger partial charge in [-0.25, -0.2) is 4.98 Å². The van der Waals surface area contributed by atoms with E-state index in [-0.39, 0.29) is 5.75 Å². The molecule has 21 heavy (non-hydrogen) atoms. The van der Waals surface area contributed by atoms with Gasteiger partial charge in [-0.2, -0.15) is 0 Å². The normalized spacial score (nSPS) is 19.8. The molecule has 0 aliphatic carbocycles. The zero-order valence-corrected chi connectivity index (χ0v) is 12.2. The topological polar surface area (TPSA) is 52.5 Å². The Hall–Kier alpha value is -2.30. The smallest absolute Gasteiger partial charge is 0.153 e. The van der Waals surface area contributed by atoms with E-state index in [2.05, 4.69) is 21.8 Å². The molecule has 0 saturated carbocycles. The van der Waals surface area contributed by atoms with E-state index in [1.54, 1.807) is 6.20 Å². The van der Waals surface area contributed by atoms with Crippen LogP contribution in [0.4, 0.5) is 11.5 Å². The van der Waals surface area contributed by atoms with Crippen LogP contribution in [0, 0.1) is 6.92 Å².